The van der Waals surface area contributed by atoms with Crippen LogP contribution in [0.5, 0.6) is 5.75 Å². The van der Waals surface area contributed by atoms with E-state index in [0.717, 1.165) is 30.1 Å². The van der Waals surface area contributed by atoms with Crippen LogP contribution in [0.4, 0.5) is 11.4 Å². The summed E-state index contributed by atoms with van der Waals surface area (Å²) in [5.74, 6) is 1.37. The van der Waals surface area contributed by atoms with Gasteiger partial charge in [0.25, 0.3) is 0 Å². The lowest BCUT2D eigenvalue weighted by Crippen LogP contribution is -2.10. The molecule has 3 nitrogen and oxygen atoms in total. The van der Waals surface area contributed by atoms with Crippen LogP contribution in [0, 0.1) is 0 Å². The lowest BCUT2D eigenvalue weighted by atomic mass is 9.97. The molecule has 0 heterocycles. The van der Waals surface area contributed by atoms with Crippen molar-refractivity contribution >= 4 is 11.4 Å². The number of hydrogen-bond acceptors (Lipinski definition) is 3. The molecule has 0 radical (unpaired) electrons. The Labute approximate surface area is 162 Å². The Morgan fingerprint density at radius 1 is 0.852 bits per heavy atom. The van der Waals surface area contributed by atoms with Crippen LogP contribution in [0.1, 0.15) is 30.4 Å². The van der Waals surface area contributed by atoms with Gasteiger partial charge in [-0.05, 0) is 66.4 Å². The van der Waals surface area contributed by atoms with Gasteiger partial charge in [-0.1, -0.05) is 49.4 Å². The molecule has 3 heteroatoms. The number of nitrogens with zero attached hydrogens (tertiary/aromatic N) is 1. The van der Waals surface area contributed by atoms with Gasteiger partial charge in [0, 0.05) is 18.4 Å². The van der Waals surface area contributed by atoms with Gasteiger partial charge < -0.3 is 15.4 Å². The molecule has 3 aromatic rings. The highest BCUT2D eigenvalue weighted by molar-refractivity contribution is 5.63. The van der Waals surface area contributed by atoms with Gasteiger partial charge in [-0.25, -0.2) is 0 Å². The van der Waals surface area contributed by atoms with Gasteiger partial charge in [0.1, 0.15) is 12.4 Å². The highest BCUT2D eigenvalue weighted by atomic mass is 16.5. The molecule has 0 spiro atoms. The maximum absolute atomic E-state index is 5.87. The Hall–Kier alpha value is -2.78. The highest BCUT2D eigenvalue weighted by Crippen LogP contribution is 2.28. The normalized spacial score (nSPS) is 11.8. The van der Waals surface area contributed by atoms with Gasteiger partial charge >= 0.3 is 0 Å². The van der Waals surface area contributed by atoms with Crippen LogP contribution in [-0.2, 0) is 6.61 Å². The Kier molecular flexibility index (Phi) is 6.50. The fourth-order valence-corrected chi connectivity index (χ4v) is 3.10. The van der Waals surface area contributed by atoms with Crippen molar-refractivity contribution in [3.8, 4) is 5.75 Å². The zero-order chi connectivity index (χ0) is 19.1. The van der Waals surface area contributed by atoms with E-state index in [4.69, 9.17) is 10.5 Å². The smallest absolute Gasteiger partial charge is 0.119 e. The first-order chi connectivity index (χ1) is 13.2. The van der Waals surface area contributed by atoms with E-state index in [-0.39, 0.29) is 0 Å². The maximum Gasteiger partial charge on any atom is 0.119 e. The second-order valence-electron chi connectivity index (χ2n) is 6.90. The Balaban J connectivity index is 1.62. The summed E-state index contributed by atoms with van der Waals surface area (Å²) in [6.07, 6.45) is 1.01. The monoisotopic (exact) mass is 360 g/mol. The van der Waals surface area contributed by atoms with Crippen LogP contribution >= 0.6 is 0 Å². The lowest BCUT2D eigenvalue weighted by Gasteiger charge is -2.21. The van der Waals surface area contributed by atoms with Crippen LogP contribution < -0.4 is 15.4 Å². The number of ether oxygens (including phenoxy) is 1. The average molecular weight is 361 g/mol. The van der Waals surface area contributed by atoms with E-state index >= 15 is 0 Å². The van der Waals surface area contributed by atoms with E-state index in [9.17, 15) is 0 Å². The molecule has 1 unspecified atom stereocenters. The van der Waals surface area contributed by atoms with Crippen molar-refractivity contribution in [2.45, 2.75) is 25.9 Å². The number of rotatable bonds is 8. The van der Waals surface area contributed by atoms with Crippen LogP contribution in [-0.4, -0.2) is 13.6 Å². The van der Waals surface area contributed by atoms with Gasteiger partial charge in [-0.3, -0.25) is 0 Å². The number of anilines is 2. The molecule has 0 aromatic heterocycles. The third-order valence-electron chi connectivity index (χ3n) is 4.92. The van der Waals surface area contributed by atoms with Crippen molar-refractivity contribution in [3.63, 3.8) is 0 Å². The maximum atomic E-state index is 5.87. The molecule has 0 amide bonds. The molecule has 27 heavy (non-hydrogen) atoms. The van der Waals surface area contributed by atoms with Crippen molar-refractivity contribution in [1.29, 1.82) is 0 Å². The van der Waals surface area contributed by atoms with E-state index in [0.29, 0.717) is 12.5 Å². The van der Waals surface area contributed by atoms with E-state index in [1.54, 1.807) is 0 Å². The second kappa shape index (κ2) is 9.24. The highest BCUT2D eigenvalue weighted by Gasteiger charge is 2.08. The van der Waals surface area contributed by atoms with Crippen LogP contribution in [0.2, 0.25) is 0 Å². The fourth-order valence-electron chi connectivity index (χ4n) is 3.10. The number of nitrogens with two attached hydrogens (primary N) is 1. The Morgan fingerprint density at radius 3 is 2.04 bits per heavy atom. The van der Waals surface area contributed by atoms with Crippen molar-refractivity contribution < 1.29 is 4.74 Å². The molecule has 0 aliphatic rings. The molecule has 0 aliphatic heterocycles. The van der Waals surface area contributed by atoms with E-state index in [2.05, 4.69) is 67.4 Å². The van der Waals surface area contributed by atoms with Crippen LogP contribution in [0.3, 0.4) is 0 Å². The third kappa shape index (κ3) is 5.11. The first-order valence-electron chi connectivity index (χ1n) is 9.48. The van der Waals surface area contributed by atoms with Crippen molar-refractivity contribution in [2.24, 2.45) is 5.73 Å². The van der Waals surface area contributed by atoms with Crippen LogP contribution in [0.15, 0.2) is 78.9 Å². The van der Waals surface area contributed by atoms with Crippen molar-refractivity contribution in [1.82, 2.24) is 0 Å². The average Bonchev–Trinajstić information content (AvgIpc) is 2.73. The molecule has 1 atom stereocenters. The minimum atomic E-state index is 0.496. The summed E-state index contributed by atoms with van der Waals surface area (Å²) in [6.45, 7) is 3.53. The molecule has 3 aromatic carbocycles. The van der Waals surface area contributed by atoms with Crippen molar-refractivity contribution in [3.05, 3.63) is 90.0 Å². The van der Waals surface area contributed by atoms with Gasteiger partial charge in [0.2, 0.25) is 0 Å². The summed E-state index contributed by atoms with van der Waals surface area (Å²) in [4.78, 5) is 2.18. The summed E-state index contributed by atoms with van der Waals surface area (Å²) >= 11 is 0. The van der Waals surface area contributed by atoms with Crippen molar-refractivity contribution in [2.75, 3.05) is 18.5 Å². The largest absolute Gasteiger partial charge is 0.489 e. The lowest BCUT2D eigenvalue weighted by molar-refractivity contribution is 0.306. The fraction of sp³-hybridized carbons (Fsp3) is 0.250. The molecule has 0 saturated carbocycles. The second-order valence-corrected chi connectivity index (χ2v) is 6.90. The number of hydrogen-bond donors (Lipinski definition) is 1. The minimum absolute atomic E-state index is 0.496. The minimum Gasteiger partial charge on any atom is -0.489 e. The molecular formula is C24H28N2O. The standard InChI is InChI=1S/C24H28N2O/c1-19(16-17-25)21-8-10-22(11-9-21)26(2)23-12-14-24(15-13-23)27-18-20-6-4-3-5-7-20/h3-15,19H,16-18,25H2,1-2H3. The third-order valence-corrected chi connectivity index (χ3v) is 4.92. The van der Waals surface area contributed by atoms with Gasteiger partial charge in [0.05, 0.1) is 0 Å². The number of benzene rings is 3. The van der Waals surface area contributed by atoms with Gasteiger partial charge in [-0.2, -0.15) is 0 Å². The van der Waals surface area contributed by atoms with Gasteiger partial charge in [0.15, 0.2) is 0 Å². The first kappa shape index (κ1) is 19.0. The predicted molar refractivity (Wildman–Crippen MR) is 114 cm³/mol. The zero-order valence-electron chi connectivity index (χ0n) is 16.1. The molecule has 2 N–H and O–H groups in total. The Morgan fingerprint density at radius 2 is 1.44 bits per heavy atom. The molecule has 0 saturated heterocycles. The Bertz CT molecular complexity index is 813. The summed E-state index contributed by atoms with van der Waals surface area (Å²) in [5, 5.41) is 0. The molecule has 0 bridgehead atoms. The summed E-state index contributed by atoms with van der Waals surface area (Å²) < 4.78 is 5.87. The molecule has 3 rings (SSSR count). The summed E-state index contributed by atoms with van der Waals surface area (Å²) in [5.41, 5.74) is 10.5. The zero-order valence-corrected chi connectivity index (χ0v) is 16.1. The van der Waals surface area contributed by atoms with E-state index in [1.807, 2.05) is 30.3 Å². The summed E-state index contributed by atoms with van der Waals surface area (Å²) in [6, 6.07) is 27.2. The topological polar surface area (TPSA) is 38.5 Å². The predicted octanol–water partition coefficient (Wildman–Crippen LogP) is 5.49. The summed E-state index contributed by atoms with van der Waals surface area (Å²) in [7, 11) is 2.08. The quantitative estimate of drug-likeness (QED) is 0.577. The van der Waals surface area contributed by atoms with Crippen LogP contribution in [0.25, 0.3) is 0 Å². The van der Waals surface area contributed by atoms with Gasteiger partial charge in [-0.15, -0.1) is 0 Å². The molecule has 0 fully saturated rings. The SMILES string of the molecule is CC(CCN)c1ccc(N(C)c2ccc(OCc3ccccc3)cc2)cc1. The first-order valence-corrected chi connectivity index (χ1v) is 9.48. The molecule has 0 aliphatic carbocycles. The molecular weight excluding hydrogens is 332 g/mol. The van der Waals surface area contributed by atoms with E-state index in [1.165, 1.54) is 11.1 Å². The van der Waals surface area contributed by atoms with E-state index < -0.39 is 0 Å². The molecule has 140 valence electrons.